The Morgan fingerprint density at radius 3 is 1.37 bits per heavy atom. The average Bonchev–Trinajstić information content (AvgIpc) is 3.66. The first-order chi connectivity index (χ1) is 29.2. The molecule has 11 aromatic rings. The number of nitrogens with zero attached hydrogens (tertiary/aromatic N) is 4. The molecule has 9 aromatic carbocycles. The third kappa shape index (κ3) is 6.24. The zero-order chi connectivity index (χ0) is 39.1. The maximum atomic E-state index is 5.32. The van der Waals surface area contributed by atoms with Crippen LogP contribution in [0.5, 0.6) is 0 Å². The fourth-order valence-electron chi connectivity index (χ4n) is 8.40. The topological polar surface area (TPSA) is 43.6 Å². The molecule has 0 aliphatic heterocycles. The van der Waals surface area contributed by atoms with Crippen molar-refractivity contribution in [2.45, 2.75) is 0 Å². The minimum atomic E-state index is 0.604. The number of rotatable bonds is 7. The highest BCUT2D eigenvalue weighted by Gasteiger charge is 2.20. The third-order valence-electron chi connectivity index (χ3n) is 11.3. The summed E-state index contributed by atoms with van der Waals surface area (Å²) in [6.07, 6.45) is 0. The van der Waals surface area contributed by atoms with Crippen molar-refractivity contribution in [2.24, 2.45) is 0 Å². The van der Waals surface area contributed by atoms with E-state index >= 15 is 0 Å². The molecule has 0 bridgehead atoms. The Morgan fingerprint density at radius 1 is 0.271 bits per heavy atom. The predicted molar refractivity (Wildman–Crippen MR) is 244 cm³/mol. The van der Waals surface area contributed by atoms with Crippen molar-refractivity contribution in [3.63, 3.8) is 0 Å². The van der Waals surface area contributed by atoms with E-state index < -0.39 is 0 Å². The van der Waals surface area contributed by atoms with Crippen LogP contribution in [0.1, 0.15) is 0 Å². The standard InChI is InChI=1S/C55H36N4/c1-4-16-37(17-5-1)41-30-28-38-29-31-42(35-44(38)34-41)53-56-54(58-55(57-53)49-25-11-10-22-45(49)39-18-6-2-7-19-39)43-32-33-46(40-20-8-3-9-21-40)52(36-43)59-50-26-14-12-23-47(50)48-24-13-15-27-51(48)59/h1-36H. The molecule has 0 aliphatic rings. The van der Waals surface area contributed by atoms with Crippen LogP contribution in [-0.2, 0) is 0 Å². The molecule has 0 N–H and O–H groups in total. The lowest BCUT2D eigenvalue weighted by molar-refractivity contribution is 1.07. The second kappa shape index (κ2) is 14.5. The maximum Gasteiger partial charge on any atom is 0.164 e. The van der Waals surface area contributed by atoms with Crippen LogP contribution in [0.15, 0.2) is 218 Å². The third-order valence-corrected chi connectivity index (χ3v) is 11.3. The smallest absolute Gasteiger partial charge is 0.164 e. The Balaban J connectivity index is 1.15. The summed E-state index contributed by atoms with van der Waals surface area (Å²) in [5.74, 6) is 1.84. The van der Waals surface area contributed by atoms with Crippen LogP contribution < -0.4 is 0 Å². The number of hydrogen-bond donors (Lipinski definition) is 0. The van der Waals surface area contributed by atoms with Gasteiger partial charge in [-0.2, -0.15) is 0 Å². The van der Waals surface area contributed by atoms with Gasteiger partial charge in [0.25, 0.3) is 0 Å². The van der Waals surface area contributed by atoms with Gasteiger partial charge in [0.1, 0.15) is 0 Å². The normalized spacial score (nSPS) is 11.4. The molecule has 0 atom stereocenters. The summed E-state index contributed by atoms with van der Waals surface area (Å²) in [5, 5.41) is 4.70. The summed E-state index contributed by atoms with van der Waals surface area (Å²) < 4.78 is 2.39. The van der Waals surface area contributed by atoms with Crippen molar-refractivity contribution >= 4 is 32.6 Å². The van der Waals surface area contributed by atoms with E-state index in [2.05, 4.69) is 217 Å². The molecule has 2 aromatic heterocycles. The molecule has 0 aliphatic carbocycles. The van der Waals surface area contributed by atoms with E-state index in [0.29, 0.717) is 17.5 Å². The maximum absolute atomic E-state index is 5.32. The van der Waals surface area contributed by atoms with Gasteiger partial charge < -0.3 is 4.57 Å². The van der Waals surface area contributed by atoms with Crippen LogP contribution in [0.3, 0.4) is 0 Å². The van der Waals surface area contributed by atoms with Gasteiger partial charge in [0.2, 0.25) is 0 Å². The van der Waals surface area contributed by atoms with Crippen molar-refractivity contribution in [2.75, 3.05) is 0 Å². The molecular formula is C55H36N4. The van der Waals surface area contributed by atoms with Gasteiger partial charge in [0, 0.05) is 33.0 Å². The van der Waals surface area contributed by atoms with Crippen molar-refractivity contribution in [3.05, 3.63) is 218 Å². The first-order valence-electron chi connectivity index (χ1n) is 19.9. The lowest BCUT2D eigenvalue weighted by Gasteiger charge is -2.17. The molecule has 0 spiro atoms. The van der Waals surface area contributed by atoms with E-state index in [1.807, 2.05) is 6.07 Å². The van der Waals surface area contributed by atoms with Crippen molar-refractivity contribution in [3.8, 4) is 73.2 Å². The Bertz CT molecular complexity index is 3260. The number of para-hydroxylation sites is 2. The molecule has 0 amide bonds. The predicted octanol–water partition coefficient (Wildman–Crippen LogP) is 14.1. The highest BCUT2D eigenvalue weighted by Crippen LogP contribution is 2.39. The zero-order valence-corrected chi connectivity index (χ0v) is 32.1. The number of aromatic nitrogens is 4. The van der Waals surface area contributed by atoms with Crippen molar-refractivity contribution < 1.29 is 0 Å². The summed E-state index contributed by atoms with van der Waals surface area (Å²) in [7, 11) is 0. The summed E-state index contributed by atoms with van der Waals surface area (Å²) in [4.78, 5) is 15.9. The molecule has 4 heteroatoms. The molecule has 0 saturated heterocycles. The Hall–Kier alpha value is -7.95. The van der Waals surface area contributed by atoms with Gasteiger partial charge in [0.05, 0.1) is 16.7 Å². The van der Waals surface area contributed by atoms with E-state index in [9.17, 15) is 0 Å². The van der Waals surface area contributed by atoms with E-state index in [1.54, 1.807) is 0 Å². The SMILES string of the molecule is c1ccc(-c2ccc3ccc(-c4nc(-c5ccc(-c6ccccc6)c(-n6c7ccccc7c7ccccc76)c5)nc(-c5ccccc5-c5ccccc5)n4)cc3c2)cc1. The van der Waals surface area contributed by atoms with E-state index in [-0.39, 0.29) is 0 Å². The molecule has 276 valence electrons. The van der Waals surface area contributed by atoms with Gasteiger partial charge in [-0.3, -0.25) is 0 Å². The molecule has 0 fully saturated rings. The van der Waals surface area contributed by atoms with E-state index in [4.69, 9.17) is 15.0 Å². The van der Waals surface area contributed by atoms with E-state index in [0.717, 1.165) is 66.4 Å². The summed E-state index contributed by atoms with van der Waals surface area (Å²) >= 11 is 0. The largest absolute Gasteiger partial charge is 0.309 e. The molecule has 2 heterocycles. The Morgan fingerprint density at radius 2 is 0.729 bits per heavy atom. The van der Waals surface area contributed by atoms with Crippen LogP contribution in [0.4, 0.5) is 0 Å². The fraction of sp³-hybridized carbons (Fsp3) is 0. The van der Waals surface area contributed by atoms with Crippen LogP contribution in [0.25, 0.3) is 106 Å². The molecular weight excluding hydrogens is 717 g/mol. The van der Waals surface area contributed by atoms with Gasteiger partial charge in [-0.25, -0.2) is 15.0 Å². The minimum absolute atomic E-state index is 0.604. The summed E-state index contributed by atoms with van der Waals surface area (Å²) in [6.45, 7) is 0. The fourth-order valence-corrected chi connectivity index (χ4v) is 8.40. The van der Waals surface area contributed by atoms with Gasteiger partial charge in [-0.05, 0) is 68.9 Å². The van der Waals surface area contributed by atoms with Gasteiger partial charge >= 0.3 is 0 Å². The van der Waals surface area contributed by atoms with Crippen LogP contribution in [0.2, 0.25) is 0 Å². The van der Waals surface area contributed by atoms with Crippen LogP contribution in [-0.4, -0.2) is 19.5 Å². The highest BCUT2D eigenvalue weighted by atomic mass is 15.0. The number of hydrogen-bond acceptors (Lipinski definition) is 3. The van der Waals surface area contributed by atoms with E-state index in [1.165, 1.54) is 21.9 Å². The second-order valence-corrected chi connectivity index (χ2v) is 14.8. The number of fused-ring (bicyclic) bond motifs is 4. The highest BCUT2D eigenvalue weighted by molar-refractivity contribution is 6.10. The molecule has 0 radical (unpaired) electrons. The molecule has 11 rings (SSSR count). The quantitative estimate of drug-likeness (QED) is 0.163. The van der Waals surface area contributed by atoms with Crippen molar-refractivity contribution in [1.29, 1.82) is 0 Å². The van der Waals surface area contributed by atoms with Gasteiger partial charge in [-0.15, -0.1) is 0 Å². The minimum Gasteiger partial charge on any atom is -0.309 e. The van der Waals surface area contributed by atoms with Crippen LogP contribution in [0, 0.1) is 0 Å². The zero-order valence-electron chi connectivity index (χ0n) is 32.1. The molecule has 0 saturated carbocycles. The first kappa shape index (κ1) is 34.3. The Kier molecular flexibility index (Phi) is 8.45. The summed E-state index contributed by atoms with van der Waals surface area (Å²) in [5.41, 5.74) is 12.9. The summed E-state index contributed by atoms with van der Waals surface area (Å²) in [6, 6.07) is 77.0. The van der Waals surface area contributed by atoms with Crippen LogP contribution >= 0.6 is 0 Å². The van der Waals surface area contributed by atoms with Crippen molar-refractivity contribution in [1.82, 2.24) is 19.5 Å². The Labute approximate surface area is 342 Å². The average molecular weight is 753 g/mol. The monoisotopic (exact) mass is 752 g/mol. The molecule has 4 nitrogen and oxygen atoms in total. The second-order valence-electron chi connectivity index (χ2n) is 14.8. The lowest BCUT2D eigenvalue weighted by atomic mass is 9.98. The molecule has 0 unspecified atom stereocenters. The number of benzene rings is 9. The van der Waals surface area contributed by atoms with Gasteiger partial charge in [-0.1, -0.05) is 188 Å². The first-order valence-corrected chi connectivity index (χ1v) is 19.9. The molecule has 59 heavy (non-hydrogen) atoms. The lowest BCUT2D eigenvalue weighted by Crippen LogP contribution is -2.03. The van der Waals surface area contributed by atoms with Gasteiger partial charge in [0.15, 0.2) is 17.5 Å².